The first kappa shape index (κ1) is 14.2. The molecule has 1 rings (SSSR count). The van der Waals surface area contributed by atoms with E-state index >= 15 is 0 Å². The van der Waals surface area contributed by atoms with Crippen molar-refractivity contribution in [3.05, 3.63) is 20.8 Å². The van der Waals surface area contributed by atoms with Gasteiger partial charge in [-0.1, -0.05) is 19.8 Å². The predicted molar refractivity (Wildman–Crippen MR) is 70.4 cm³/mol. The van der Waals surface area contributed by atoms with E-state index in [1.54, 1.807) is 11.4 Å². The van der Waals surface area contributed by atoms with E-state index in [9.17, 15) is 9.59 Å². The van der Waals surface area contributed by atoms with Crippen LogP contribution in [0.25, 0.3) is 0 Å². The van der Waals surface area contributed by atoms with Crippen molar-refractivity contribution in [3.8, 4) is 0 Å². The highest BCUT2D eigenvalue weighted by atomic mass is 79.9. The molecule has 94 valence electrons. The van der Waals surface area contributed by atoms with Gasteiger partial charge in [0.1, 0.15) is 6.04 Å². The maximum absolute atomic E-state index is 11.7. The van der Waals surface area contributed by atoms with Crippen molar-refractivity contribution >= 4 is 39.1 Å². The molecule has 2 N–H and O–H groups in total. The lowest BCUT2D eigenvalue weighted by molar-refractivity contribution is -0.139. The van der Waals surface area contributed by atoms with Gasteiger partial charge in [-0.2, -0.15) is 0 Å². The zero-order valence-corrected chi connectivity index (χ0v) is 11.8. The molecule has 0 radical (unpaired) electrons. The molecule has 1 atom stereocenters. The molecule has 0 bridgehead atoms. The monoisotopic (exact) mass is 319 g/mol. The van der Waals surface area contributed by atoms with E-state index in [1.807, 2.05) is 6.92 Å². The van der Waals surface area contributed by atoms with Crippen LogP contribution in [0.5, 0.6) is 0 Å². The predicted octanol–water partition coefficient (Wildman–Crippen LogP) is 2.88. The summed E-state index contributed by atoms with van der Waals surface area (Å²) in [6.45, 7) is 1.98. The molecular formula is C11H14BrNO3S. The van der Waals surface area contributed by atoms with Crippen molar-refractivity contribution in [2.75, 3.05) is 0 Å². The Morgan fingerprint density at radius 2 is 2.29 bits per heavy atom. The van der Waals surface area contributed by atoms with Gasteiger partial charge in [0.25, 0.3) is 5.91 Å². The van der Waals surface area contributed by atoms with E-state index in [2.05, 4.69) is 21.2 Å². The zero-order chi connectivity index (χ0) is 12.8. The van der Waals surface area contributed by atoms with Crippen LogP contribution in [0, 0.1) is 0 Å². The number of thiophene rings is 1. The van der Waals surface area contributed by atoms with Gasteiger partial charge in [0.05, 0.1) is 9.35 Å². The van der Waals surface area contributed by atoms with Crippen LogP contribution in [0.2, 0.25) is 0 Å². The number of amides is 1. The first-order valence-corrected chi connectivity index (χ1v) is 6.99. The van der Waals surface area contributed by atoms with Gasteiger partial charge in [0.2, 0.25) is 0 Å². The number of carbonyl (C=O) groups is 2. The number of nitrogens with one attached hydrogen (secondary N) is 1. The standard InChI is InChI=1S/C11H14BrNO3S/c1-2-3-4-8(11(15)16)13-10(14)7-5-9(12)17-6-7/h5-6,8H,2-4H2,1H3,(H,13,14)(H,15,16). The van der Waals surface area contributed by atoms with Crippen LogP contribution >= 0.6 is 27.3 Å². The lowest BCUT2D eigenvalue weighted by Gasteiger charge is -2.13. The van der Waals surface area contributed by atoms with Crippen molar-refractivity contribution in [2.45, 2.75) is 32.2 Å². The van der Waals surface area contributed by atoms with Gasteiger partial charge in [-0.15, -0.1) is 11.3 Å². The van der Waals surface area contributed by atoms with Crippen LogP contribution in [-0.4, -0.2) is 23.0 Å². The molecular weight excluding hydrogens is 306 g/mol. The van der Waals surface area contributed by atoms with E-state index in [4.69, 9.17) is 5.11 Å². The number of unbranched alkanes of at least 4 members (excludes halogenated alkanes) is 1. The quantitative estimate of drug-likeness (QED) is 0.847. The Balaban J connectivity index is 2.60. The minimum atomic E-state index is -0.985. The summed E-state index contributed by atoms with van der Waals surface area (Å²) < 4.78 is 0.850. The van der Waals surface area contributed by atoms with Gasteiger partial charge >= 0.3 is 5.97 Å². The number of carboxylic acid groups (broad SMARTS) is 1. The lowest BCUT2D eigenvalue weighted by Crippen LogP contribution is -2.40. The molecule has 0 aliphatic carbocycles. The van der Waals surface area contributed by atoms with E-state index in [0.717, 1.165) is 16.6 Å². The minimum Gasteiger partial charge on any atom is -0.480 e. The molecule has 0 saturated heterocycles. The molecule has 0 aliphatic heterocycles. The highest BCUT2D eigenvalue weighted by molar-refractivity contribution is 9.11. The van der Waals surface area contributed by atoms with Crippen molar-refractivity contribution in [2.24, 2.45) is 0 Å². The third-order valence-corrected chi connectivity index (χ3v) is 3.78. The summed E-state index contributed by atoms with van der Waals surface area (Å²) in [5.74, 6) is -1.32. The van der Waals surface area contributed by atoms with Crippen LogP contribution in [0.3, 0.4) is 0 Å². The summed E-state index contributed by atoms with van der Waals surface area (Å²) in [6.07, 6.45) is 2.15. The normalized spacial score (nSPS) is 12.1. The van der Waals surface area contributed by atoms with Gasteiger partial charge in [-0.3, -0.25) is 4.79 Å². The fraction of sp³-hybridized carbons (Fsp3) is 0.455. The molecule has 0 spiro atoms. The Morgan fingerprint density at radius 3 is 2.76 bits per heavy atom. The van der Waals surface area contributed by atoms with Crippen LogP contribution < -0.4 is 5.32 Å². The summed E-state index contributed by atoms with van der Waals surface area (Å²) in [7, 11) is 0. The van der Waals surface area contributed by atoms with Crippen LogP contribution in [0.4, 0.5) is 0 Å². The van der Waals surface area contributed by atoms with Crippen LogP contribution in [0.1, 0.15) is 36.5 Å². The SMILES string of the molecule is CCCCC(NC(=O)c1csc(Br)c1)C(=O)O. The molecule has 0 aliphatic rings. The topological polar surface area (TPSA) is 66.4 Å². The second-order valence-electron chi connectivity index (χ2n) is 3.65. The van der Waals surface area contributed by atoms with E-state index < -0.39 is 12.0 Å². The van der Waals surface area contributed by atoms with Crippen LogP contribution in [-0.2, 0) is 4.79 Å². The van der Waals surface area contributed by atoms with Gasteiger partial charge in [-0.05, 0) is 28.4 Å². The Bertz CT molecular complexity index is 405. The third kappa shape index (κ3) is 4.47. The van der Waals surface area contributed by atoms with Crippen molar-refractivity contribution in [1.82, 2.24) is 5.32 Å². The Morgan fingerprint density at radius 1 is 1.59 bits per heavy atom. The van der Waals surface area contributed by atoms with Gasteiger partial charge in [-0.25, -0.2) is 4.79 Å². The average molecular weight is 320 g/mol. The van der Waals surface area contributed by atoms with Gasteiger partial charge < -0.3 is 10.4 Å². The van der Waals surface area contributed by atoms with Crippen LogP contribution in [0.15, 0.2) is 15.2 Å². The van der Waals surface area contributed by atoms with E-state index in [-0.39, 0.29) is 5.91 Å². The molecule has 1 heterocycles. The molecule has 17 heavy (non-hydrogen) atoms. The maximum atomic E-state index is 11.7. The summed E-state index contributed by atoms with van der Waals surface area (Å²) in [5.41, 5.74) is 0.490. The lowest BCUT2D eigenvalue weighted by atomic mass is 10.1. The second-order valence-corrected chi connectivity index (χ2v) is 5.94. The van der Waals surface area contributed by atoms with Crippen molar-refractivity contribution < 1.29 is 14.7 Å². The Labute approximate surface area is 112 Å². The fourth-order valence-electron chi connectivity index (χ4n) is 1.34. The summed E-state index contributed by atoms with van der Waals surface area (Å²) in [6, 6.07) is 0.875. The smallest absolute Gasteiger partial charge is 0.326 e. The minimum absolute atomic E-state index is 0.338. The summed E-state index contributed by atoms with van der Waals surface area (Å²) >= 11 is 4.65. The number of rotatable bonds is 6. The van der Waals surface area contributed by atoms with Gasteiger partial charge in [0, 0.05) is 5.38 Å². The highest BCUT2D eigenvalue weighted by Gasteiger charge is 2.20. The number of aliphatic carboxylic acids is 1. The molecule has 1 aromatic heterocycles. The summed E-state index contributed by atoms with van der Waals surface area (Å²) in [4.78, 5) is 22.7. The summed E-state index contributed by atoms with van der Waals surface area (Å²) in [5, 5.41) is 13.2. The molecule has 1 aromatic rings. The van der Waals surface area contributed by atoms with Crippen molar-refractivity contribution in [1.29, 1.82) is 0 Å². The molecule has 0 aromatic carbocycles. The van der Waals surface area contributed by atoms with Crippen molar-refractivity contribution in [3.63, 3.8) is 0 Å². The van der Waals surface area contributed by atoms with Gasteiger partial charge in [0.15, 0.2) is 0 Å². The Kier molecular flexibility index (Phi) is 5.64. The zero-order valence-electron chi connectivity index (χ0n) is 9.40. The number of carbonyl (C=O) groups excluding carboxylic acids is 1. The number of hydrogen-bond donors (Lipinski definition) is 2. The fourth-order valence-corrected chi connectivity index (χ4v) is 2.47. The molecule has 6 heteroatoms. The molecule has 4 nitrogen and oxygen atoms in total. The maximum Gasteiger partial charge on any atom is 0.326 e. The second kappa shape index (κ2) is 6.76. The molecule has 1 amide bonds. The van der Waals surface area contributed by atoms with E-state index in [1.165, 1.54) is 11.3 Å². The van der Waals surface area contributed by atoms with E-state index in [0.29, 0.717) is 12.0 Å². The largest absolute Gasteiger partial charge is 0.480 e. The average Bonchev–Trinajstić information content (AvgIpc) is 2.70. The molecule has 0 fully saturated rings. The molecule has 0 saturated carbocycles. The number of hydrogen-bond acceptors (Lipinski definition) is 3. The number of halogens is 1. The first-order valence-electron chi connectivity index (χ1n) is 5.32. The molecule has 1 unspecified atom stereocenters. The highest BCUT2D eigenvalue weighted by Crippen LogP contribution is 2.20. The Hall–Kier alpha value is -0.880. The third-order valence-electron chi connectivity index (χ3n) is 2.28. The first-order chi connectivity index (χ1) is 8.04. The number of carboxylic acids is 1.